The summed E-state index contributed by atoms with van der Waals surface area (Å²) < 4.78 is 21.8. The summed E-state index contributed by atoms with van der Waals surface area (Å²) in [6, 6.07) is 0. The third-order valence-corrected chi connectivity index (χ3v) is 5.84. The van der Waals surface area contributed by atoms with Gasteiger partial charge in [0.25, 0.3) is 0 Å². The first-order chi connectivity index (χ1) is 8.55. The number of carbonyl (C=O) groups is 2. The summed E-state index contributed by atoms with van der Waals surface area (Å²) in [7, 11) is -3.47. The monoisotopic (exact) mass is 291 g/mol. The molecular weight excluding hydrogens is 270 g/mol. The number of nitrogens with zero attached hydrogens (tertiary/aromatic N) is 1. The molecule has 0 aliphatic carbocycles. The lowest BCUT2D eigenvalue weighted by molar-refractivity contribution is -0.139. The van der Waals surface area contributed by atoms with Crippen molar-refractivity contribution in [3.05, 3.63) is 0 Å². The Morgan fingerprint density at radius 3 is 2.11 bits per heavy atom. The molecule has 1 fully saturated rings. The van der Waals surface area contributed by atoms with E-state index in [9.17, 15) is 18.0 Å². The Labute approximate surface area is 113 Å². The molecule has 0 saturated carbocycles. The number of carboxylic acids is 1. The Morgan fingerprint density at radius 2 is 1.74 bits per heavy atom. The molecule has 1 aliphatic heterocycles. The first kappa shape index (κ1) is 15.9. The van der Waals surface area contributed by atoms with E-state index in [-0.39, 0.29) is 12.3 Å². The van der Waals surface area contributed by atoms with E-state index in [0.29, 0.717) is 25.9 Å². The van der Waals surface area contributed by atoms with Crippen LogP contribution < -0.4 is 0 Å². The van der Waals surface area contributed by atoms with Gasteiger partial charge in [-0.2, -0.15) is 0 Å². The van der Waals surface area contributed by atoms with E-state index in [1.165, 1.54) is 18.7 Å². The Hall–Kier alpha value is -1.11. The second kappa shape index (κ2) is 5.48. The molecule has 0 aromatic heterocycles. The van der Waals surface area contributed by atoms with Gasteiger partial charge in [0.05, 0.1) is 0 Å². The molecule has 7 heteroatoms. The van der Waals surface area contributed by atoms with Crippen LogP contribution in [0.25, 0.3) is 0 Å². The van der Waals surface area contributed by atoms with Crippen LogP contribution in [-0.2, 0) is 19.4 Å². The Morgan fingerprint density at radius 1 is 1.26 bits per heavy atom. The van der Waals surface area contributed by atoms with Gasteiger partial charge in [0.1, 0.15) is 4.75 Å². The highest BCUT2D eigenvalue weighted by atomic mass is 32.2. The molecule has 19 heavy (non-hydrogen) atoms. The molecule has 1 N–H and O–H groups in total. The smallest absolute Gasteiger partial charge is 0.303 e. The van der Waals surface area contributed by atoms with E-state index < -0.39 is 26.5 Å². The molecule has 0 spiro atoms. The van der Waals surface area contributed by atoms with Gasteiger partial charge in [-0.25, -0.2) is 8.42 Å². The quantitative estimate of drug-likeness (QED) is 0.815. The number of sulfone groups is 1. The number of carbonyl (C=O) groups excluding carboxylic acids is 1. The van der Waals surface area contributed by atoms with Gasteiger partial charge in [-0.15, -0.1) is 0 Å². The molecule has 1 saturated heterocycles. The first-order valence-corrected chi connectivity index (χ1v) is 8.15. The van der Waals surface area contributed by atoms with Gasteiger partial charge in [-0.1, -0.05) is 0 Å². The van der Waals surface area contributed by atoms with Crippen molar-refractivity contribution in [1.29, 1.82) is 0 Å². The summed E-state index contributed by atoms with van der Waals surface area (Å²) in [6.45, 7) is 3.67. The summed E-state index contributed by atoms with van der Waals surface area (Å²) in [5, 5.41) is 8.72. The summed E-state index contributed by atoms with van der Waals surface area (Å²) in [5.41, 5.74) is 0. The molecule has 1 amide bonds. The number of piperidine rings is 1. The van der Waals surface area contributed by atoms with Gasteiger partial charge >= 0.3 is 5.97 Å². The van der Waals surface area contributed by atoms with E-state index in [0.717, 1.165) is 6.26 Å². The van der Waals surface area contributed by atoms with Crippen molar-refractivity contribution < 1.29 is 23.1 Å². The summed E-state index contributed by atoms with van der Waals surface area (Å²) >= 11 is 0. The average molecular weight is 291 g/mol. The van der Waals surface area contributed by atoms with Crippen LogP contribution in [0.15, 0.2) is 0 Å². The highest BCUT2D eigenvalue weighted by molar-refractivity contribution is 7.92. The standard InChI is InChI=1S/C12H21NO5S/c1-12(2,19(3,17)18)11(16)13-6-4-9(5-7-13)8-10(14)15/h9H,4-8H2,1-3H3,(H,14,15). The van der Waals surface area contributed by atoms with E-state index >= 15 is 0 Å². The third-order valence-electron chi connectivity index (χ3n) is 3.81. The fourth-order valence-corrected chi connectivity index (χ4v) is 2.57. The summed E-state index contributed by atoms with van der Waals surface area (Å²) in [4.78, 5) is 24.4. The van der Waals surface area contributed by atoms with Crippen LogP contribution in [0.5, 0.6) is 0 Å². The lowest BCUT2D eigenvalue weighted by atomic mass is 9.93. The molecule has 0 unspecified atom stereocenters. The van der Waals surface area contributed by atoms with E-state index in [1.807, 2.05) is 0 Å². The molecule has 0 aromatic carbocycles. The molecular formula is C12H21NO5S. The van der Waals surface area contributed by atoms with E-state index in [4.69, 9.17) is 5.11 Å². The Bertz CT molecular complexity index is 461. The SMILES string of the molecule is CC(C)(C(=O)N1CCC(CC(=O)O)CC1)S(C)(=O)=O. The number of carboxylic acid groups (broad SMARTS) is 1. The van der Waals surface area contributed by atoms with Gasteiger partial charge in [-0.3, -0.25) is 9.59 Å². The number of likely N-dealkylation sites (tertiary alicyclic amines) is 1. The van der Waals surface area contributed by atoms with Gasteiger partial charge in [-0.05, 0) is 32.6 Å². The minimum Gasteiger partial charge on any atom is -0.481 e. The van der Waals surface area contributed by atoms with Crippen molar-refractivity contribution in [2.75, 3.05) is 19.3 Å². The van der Waals surface area contributed by atoms with Crippen LogP contribution >= 0.6 is 0 Å². The van der Waals surface area contributed by atoms with Crippen LogP contribution in [0.1, 0.15) is 33.1 Å². The molecule has 110 valence electrons. The van der Waals surface area contributed by atoms with Crippen molar-refractivity contribution in [3.8, 4) is 0 Å². The van der Waals surface area contributed by atoms with Crippen LogP contribution in [0.2, 0.25) is 0 Å². The summed E-state index contributed by atoms with van der Waals surface area (Å²) in [6.07, 6.45) is 2.38. The number of amides is 1. The van der Waals surface area contributed by atoms with Gasteiger partial charge in [0.2, 0.25) is 5.91 Å². The predicted molar refractivity (Wildman–Crippen MR) is 70.5 cm³/mol. The maximum atomic E-state index is 12.2. The highest BCUT2D eigenvalue weighted by Gasteiger charge is 2.42. The topological polar surface area (TPSA) is 91.8 Å². The second-order valence-corrected chi connectivity index (χ2v) is 8.18. The zero-order valence-corrected chi connectivity index (χ0v) is 12.4. The number of hydrogen-bond donors (Lipinski definition) is 1. The van der Waals surface area contributed by atoms with Crippen LogP contribution in [0, 0.1) is 5.92 Å². The van der Waals surface area contributed by atoms with Crippen LogP contribution in [0.3, 0.4) is 0 Å². The second-order valence-electron chi connectivity index (χ2n) is 5.62. The van der Waals surface area contributed by atoms with Gasteiger partial charge < -0.3 is 10.0 Å². The van der Waals surface area contributed by atoms with Crippen LogP contribution in [0.4, 0.5) is 0 Å². The number of rotatable bonds is 4. The minimum atomic E-state index is -3.47. The van der Waals surface area contributed by atoms with E-state index in [2.05, 4.69) is 0 Å². The lowest BCUT2D eigenvalue weighted by Crippen LogP contribution is -2.52. The fourth-order valence-electron chi connectivity index (χ4n) is 2.13. The van der Waals surface area contributed by atoms with Crippen molar-refractivity contribution in [3.63, 3.8) is 0 Å². The average Bonchev–Trinajstić information content (AvgIpc) is 2.26. The van der Waals surface area contributed by atoms with Crippen molar-refractivity contribution in [2.45, 2.75) is 37.9 Å². The Kier molecular flexibility index (Phi) is 4.60. The van der Waals surface area contributed by atoms with Crippen molar-refractivity contribution in [1.82, 2.24) is 4.90 Å². The fraction of sp³-hybridized carbons (Fsp3) is 0.833. The maximum Gasteiger partial charge on any atom is 0.303 e. The first-order valence-electron chi connectivity index (χ1n) is 6.26. The Balaban J connectivity index is 2.66. The lowest BCUT2D eigenvalue weighted by Gasteiger charge is -2.35. The molecule has 0 aromatic rings. The zero-order valence-electron chi connectivity index (χ0n) is 11.5. The third kappa shape index (κ3) is 3.68. The molecule has 0 atom stereocenters. The molecule has 6 nitrogen and oxygen atoms in total. The normalized spacial score (nSPS) is 18.4. The minimum absolute atomic E-state index is 0.0721. The van der Waals surface area contributed by atoms with Gasteiger partial charge in [0, 0.05) is 25.8 Å². The molecule has 0 bridgehead atoms. The number of hydrogen-bond acceptors (Lipinski definition) is 4. The zero-order chi connectivity index (χ0) is 14.8. The molecule has 1 aliphatic rings. The highest BCUT2D eigenvalue weighted by Crippen LogP contribution is 2.25. The largest absolute Gasteiger partial charge is 0.481 e. The predicted octanol–water partition coefficient (Wildman–Crippen LogP) is 0.523. The summed E-state index contributed by atoms with van der Waals surface area (Å²) in [5.74, 6) is -1.16. The molecule has 1 heterocycles. The van der Waals surface area contributed by atoms with E-state index in [1.54, 1.807) is 0 Å². The maximum absolute atomic E-state index is 12.2. The molecule has 0 radical (unpaired) electrons. The van der Waals surface area contributed by atoms with Crippen molar-refractivity contribution in [2.24, 2.45) is 5.92 Å². The molecule has 1 rings (SSSR count). The van der Waals surface area contributed by atoms with Gasteiger partial charge in [0.15, 0.2) is 9.84 Å². The van der Waals surface area contributed by atoms with Crippen LogP contribution in [-0.4, -0.2) is 54.4 Å². The number of aliphatic carboxylic acids is 1. The van der Waals surface area contributed by atoms with Crippen molar-refractivity contribution >= 4 is 21.7 Å².